The van der Waals surface area contributed by atoms with E-state index in [1.54, 1.807) is 7.05 Å². The summed E-state index contributed by atoms with van der Waals surface area (Å²) in [7, 11) is 1.62. The fourth-order valence-electron chi connectivity index (χ4n) is 4.55. The second-order valence-corrected chi connectivity index (χ2v) is 9.40. The third kappa shape index (κ3) is 4.00. The number of rotatable bonds is 7. The Balaban J connectivity index is 1.87. The maximum absolute atomic E-state index is 13.9. The van der Waals surface area contributed by atoms with E-state index in [2.05, 4.69) is 4.99 Å². The number of likely N-dealkylation sites (N-methyl/N-ethyl adjacent to an activating group) is 1. The molecule has 1 heterocycles. The lowest BCUT2D eigenvalue weighted by Gasteiger charge is -2.32. The number of carbonyl (C=O) groups is 2. The van der Waals surface area contributed by atoms with Gasteiger partial charge in [0, 0.05) is 24.1 Å². The molecule has 168 valence electrons. The Morgan fingerprint density at radius 2 is 1.78 bits per heavy atom. The number of hydrogen-bond donors (Lipinski definition) is 2. The van der Waals surface area contributed by atoms with Crippen LogP contribution < -0.4 is 10.6 Å². The molecule has 1 aliphatic heterocycles. The van der Waals surface area contributed by atoms with Crippen LogP contribution in [0.15, 0.2) is 59.6 Å². The topological polar surface area (TPSA) is 96.0 Å². The maximum atomic E-state index is 13.9. The summed E-state index contributed by atoms with van der Waals surface area (Å²) >= 11 is 0. The molecule has 0 bridgehead atoms. The van der Waals surface area contributed by atoms with Crippen molar-refractivity contribution in [1.29, 1.82) is 0 Å². The highest BCUT2D eigenvalue weighted by Gasteiger charge is 2.52. The second-order valence-electron chi connectivity index (χ2n) is 9.40. The molecule has 1 fully saturated rings. The van der Waals surface area contributed by atoms with Gasteiger partial charge < -0.3 is 10.0 Å². The van der Waals surface area contributed by atoms with E-state index in [0.29, 0.717) is 17.8 Å². The lowest BCUT2D eigenvalue weighted by atomic mass is 9.81. The van der Waals surface area contributed by atoms with Crippen molar-refractivity contribution in [3.05, 3.63) is 65.7 Å². The van der Waals surface area contributed by atoms with Crippen LogP contribution in [0.5, 0.6) is 0 Å². The second kappa shape index (κ2) is 8.60. The van der Waals surface area contributed by atoms with Crippen molar-refractivity contribution in [1.82, 2.24) is 0 Å². The average Bonchev–Trinajstić information content (AvgIpc) is 3.65. The number of amides is 1. The largest absolute Gasteiger partial charge is 0.392 e. The quantitative estimate of drug-likeness (QED) is 0.656. The Hall–Kier alpha value is -2.83. The number of ketones is 1. The number of aliphatic hydroxyl groups is 1. The Labute approximate surface area is 189 Å². The van der Waals surface area contributed by atoms with Gasteiger partial charge in [-0.1, -0.05) is 62.4 Å². The Morgan fingerprint density at radius 3 is 2.41 bits per heavy atom. The highest BCUT2D eigenvalue weighted by molar-refractivity contribution is 6.26. The van der Waals surface area contributed by atoms with Crippen LogP contribution in [0.25, 0.3) is 0 Å². The van der Waals surface area contributed by atoms with E-state index in [0.717, 1.165) is 24.0 Å². The van der Waals surface area contributed by atoms with Crippen LogP contribution in [-0.2, 0) is 9.59 Å². The van der Waals surface area contributed by atoms with E-state index in [-0.39, 0.29) is 11.8 Å². The molecule has 0 radical (unpaired) electrons. The molecule has 0 aromatic heterocycles. The Morgan fingerprint density at radius 1 is 1.16 bits per heavy atom. The summed E-state index contributed by atoms with van der Waals surface area (Å²) in [6, 6.07) is 16.9. The van der Waals surface area contributed by atoms with Crippen LogP contribution >= 0.6 is 0 Å². The number of hydrogen-bond acceptors (Lipinski definition) is 5. The molecule has 2 aromatic rings. The fraction of sp³-hybridized carbons (Fsp3) is 0.423. The van der Waals surface area contributed by atoms with Crippen molar-refractivity contribution in [2.75, 3.05) is 11.9 Å². The number of anilines is 1. The summed E-state index contributed by atoms with van der Waals surface area (Å²) in [5, 5.41) is 10.9. The number of nitrogens with two attached hydrogens (primary N) is 1. The minimum absolute atomic E-state index is 0.0830. The lowest BCUT2D eigenvalue weighted by Crippen LogP contribution is -2.61. The lowest BCUT2D eigenvalue weighted by molar-refractivity contribution is -0.139. The number of benzene rings is 2. The molecule has 4 rings (SSSR count). The maximum Gasteiger partial charge on any atom is 0.277 e. The average molecular weight is 434 g/mol. The summed E-state index contributed by atoms with van der Waals surface area (Å²) in [6.45, 7) is 4.00. The zero-order valence-electron chi connectivity index (χ0n) is 18.9. The first-order valence-electron chi connectivity index (χ1n) is 11.3. The molecule has 0 saturated heterocycles. The number of fused-ring (bicyclic) bond motifs is 1. The molecule has 3 N–H and O–H groups in total. The van der Waals surface area contributed by atoms with Crippen molar-refractivity contribution in [2.45, 2.75) is 44.9 Å². The fourth-order valence-corrected chi connectivity index (χ4v) is 4.55. The van der Waals surface area contributed by atoms with Crippen LogP contribution in [0.3, 0.4) is 0 Å². The molecular weight excluding hydrogens is 402 g/mol. The first-order valence-corrected chi connectivity index (χ1v) is 11.3. The van der Waals surface area contributed by atoms with E-state index >= 15 is 0 Å². The molecule has 1 amide bonds. The number of aliphatic hydroxyl groups excluding tert-OH is 1. The number of benzodiazepines with no additional fused rings is 1. The van der Waals surface area contributed by atoms with Crippen molar-refractivity contribution >= 4 is 23.1 Å². The highest BCUT2D eigenvalue weighted by atomic mass is 16.3. The van der Waals surface area contributed by atoms with Gasteiger partial charge in [0.15, 0.2) is 5.78 Å². The van der Waals surface area contributed by atoms with Crippen LogP contribution in [0, 0.1) is 17.8 Å². The molecule has 6 nitrogen and oxygen atoms in total. The Bertz CT molecular complexity index is 1050. The molecule has 2 aliphatic rings. The zero-order chi connectivity index (χ0) is 23.0. The van der Waals surface area contributed by atoms with Crippen LogP contribution in [-0.4, -0.2) is 41.3 Å². The zero-order valence-corrected chi connectivity index (χ0v) is 18.9. The first-order chi connectivity index (χ1) is 15.2. The molecule has 32 heavy (non-hydrogen) atoms. The minimum Gasteiger partial charge on any atom is -0.392 e. The third-order valence-electron chi connectivity index (χ3n) is 6.44. The van der Waals surface area contributed by atoms with Gasteiger partial charge in [0.1, 0.15) is 0 Å². The highest BCUT2D eigenvalue weighted by Crippen LogP contribution is 2.40. The van der Waals surface area contributed by atoms with Gasteiger partial charge in [-0.2, -0.15) is 0 Å². The van der Waals surface area contributed by atoms with Gasteiger partial charge in [0.2, 0.25) is 5.66 Å². The molecule has 1 aliphatic carbocycles. The van der Waals surface area contributed by atoms with E-state index in [1.807, 2.05) is 68.4 Å². The van der Waals surface area contributed by atoms with Crippen molar-refractivity contribution < 1.29 is 14.7 Å². The van der Waals surface area contributed by atoms with Crippen LogP contribution in [0.2, 0.25) is 0 Å². The van der Waals surface area contributed by atoms with Gasteiger partial charge >= 0.3 is 0 Å². The van der Waals surface area contributed by atoms with Crippen LogP contribution in [0.4, 0.5) is 5.69 Å². The number of nitrogens with zero attached hydrogens (tertiary/aromatic N) is 2. The van der Waals surface area contributed by atoms with Gasteiger partial charge in [-0.05, 0) is 37.2 Å². The molecule has 6 heteroatoms. The van der Waals surface area contributed by atoms with Gasteiger partial charge in [-0.15, -0.1) is 0 Å². The summed E-state index contributed by atoms with van der Waals surface area (Å²) in [5.41, 5.74) is 7.17. The normalized spacial score (nSPS) is 22.8. The van der Waals surface area contributed by atoms with Gasteiger partial charge in [-0.25, -0.2) is 4.99 Å². The predicted octanol–water partition coefficient (Wildman–Crippen LogP) is 3.16. The standard InChI is InChI=1S/C26H31N3O3/c1-16(2)15-20(23(30)18-13-14-18)24(31)26(27)25(32)29(3)21-12-8-7-11-19(21)22(28-26)17-9-5-4-6-10-17/h4-12,16,18,20,23,30H,13-15,27H2,1-3H3/t20-,23+,26?/m1/s1. The number of Topliss-reactive ketones (excluding diaryl/α,β-unsaturated/α-hetero) is 1. The molecule has 1 saturated carbocycles. The summed E-state index contributed by atoms with van der Waals surface area (Å²) < 4.78 is 0. The molecule has 2 aromatic carbocycles. The van der Waals surface area contributed by atoms with E-state index in [1.165, 1.54) is 4.90 Å². The SMILES string of the molecule is CC(C)C[C@@H](C(=O)C1(N)N=C(c2ccccc2)c2ccccc2N(C)C1=O)[C@@H](O)C1CC1. The van der Waals surface area contributed by atoms with Crippen LogP contribution in [0.1, 0.15) is 44.2 Å². The predicted molar refractivity (Wildman–Crippen MR) is 126 cm³/mol. The van der Waals surface area contributed by atoms with Gasteiger partial charge in [-0.3, -0.25) is 15.3 Å². The third-order valence-corrected chi connectivity index (χ3v) is 6.44. The van der Waals surface area contributed by atoms with E-state index in [4.69, 9.17) is 5.73 Å². The van der Waals surface area contributed by atoms with E-state index < -0.39 is 29.4 Å². The first kappa shape index (κ1) is 22.4. The van der Waals surface area contributed by atoms with Crippen molar-refractivity contribution in [3.63, 3.8) is 0 Å². The number of carbonyl (C=O) groups excluding carboxylic acids is 2. The summed E-state index contributed by atoms with van der Waals surface area (Å²) in [6.07, 6.45) is 1.41. The smallest absolute Gasteiger partial charge is 0.277 e. The van der Waals surface area contributed by atoms with Crippen molar-refractivity contribution in [3.8, 4) is 0 Å². The summed E-state index contributed by atoms with van der Waals surface area (Å²) in [5.74, 6) is -1.60. The number of aliphatic imine (C=N–C) groups is 1. The summed E-state index contributed by atoms with van der Waals surface area (Å²) in [4.78, 5) is 33.7. The number of para-hydroxylation sites is 1. The monoisotopic (exact) mass is 433 g/mol. The van der Waals surface area contributed by atoms with Gasteiger partial charge in [0.05, 0.1) is 17.5 Å². The van der Waals surface area contributed by atoms with Gasteiger partial charge in [0.25, 0.3) is 5.91 Å². The molecular formula is C26H31N3O3. The molecule has 0 spiro atoms. The molecule has 1 unspecified atom stereocenters. The molecule has 3 atom stereocenters. The minimum atomic E-state index is -2.12. The Kier molecular flexibility index (Phi) is 6.01. The van der Waals surface area contributed by atoms with Crippen molar-refractivity contribution in [2.24, 2.45) is 28.5 Å². The van der Waals surface area contributed by atoms with E-state index in [9.17, 15) is 14.7 Å².